The van der Waals surface area contributed by atoms with E-state index in [1.807, 2.05) is 26.8 Å². The maximum absolute atomic E-state index is 13.3. The van der Waals surface area contributed by atoms with Gasteiger partial charge in [0.1, 0.15) is 5.75 Å². The van der Waals surface area contributed by atoms with Crippen LogP contribution in [0.1, 0.15) is 58.2 Å². The molecule has 6 nitrogen and oxygen atoms in total. The van der Waals surface area contributed by atoms with Gasteiger partial charge in [-0.25, -0.2) is 5.01 Å². The molecule has 0 atom stereocenters. The van der Waals surface area contributed by atoms with Crippen molar-refractivity contribution in [1.82, 2.24) is 10.4 Å². The van der Waals surface area contributed by atoms with E-state index in [0.717, 1.165) is 16.7 Å². The third-order valence-electron chi connectivity index (χ3n) is 4.83. The molecule has 2 amide bonds. The van der Waals surface area contributed by atoms with Crippen molar-refractivity contribution in [3.05, 3.63) is 64.2 Å². The van der Waals surface area contributed by atoms with Crippen LogP contribution in [0, 0.1) is 13.8 Å². The van der Waals surface area contributed by atoms with E-state index >= 15 is 0 Å². The van der Waals surface area contributed by atoms with Crippen LogP contribution in [0.25, 0.3) is 0 Å². The largest absolute Gasteiger partial charge is 0.496 e. The molecule has 0 aliphatic carbocycles. The minimum Gasteiger partial charge on any atom is -0.496 e. The van der Waals surface area contributed by atoms with Crippen LogP contribution in [0.3, 0.4) is 0 Å². The summed E-state index contributed by atoms with van der Waals surface area (Å²) in [5.41, 5.74) is 5.24. The van der Waals surface area contributed by atoms with Gasteiger partial charge in [-0.3, -0.25) is 15.0 Å². The van der Waals surface area contributed by atoms with Crippen LogP contribution in [0.5, 0.6) is 5.75 Å². The molecule has 0 fully saturated rings. The molecule has 2 N–H and O–H groups in total. The van der Waals surface area contributed by atoms with E-state index in [9.17, 15) is 14.7 Å². The van der Waals surface area contributed by atoms with E-state index in [0.29, 0.717) is 23.3 Å². The number of aryl methyl sites for hydroxylation is 2. The highest BCUT2D eigenvalue weighted by molar-refractivity contribution is 6.00. The van der Waals surface area contributed by atoms with Crippen molar-refractivity contribution in [2.24, 2.45) is 0 Å². The van der Waals surface area contributed by atoms with Gasteiger partial charge in [0.2, 0.25) is 0 Å². The lowest BCUT2D eigenvalue weighted by Gasteiger charge is -2.37. The highest BCUT2D eigenvalue weighted by Gasteiger charge is 2.33. The van der Waals surface area contributed by atoms with Crippen molar-refractivity contribution in [2.75, 3.05) is 13.7 Å². The Labute approximate surface area is 172 Å². The van der Waals surface area contributed by atoms with Crippen LogP contribution in [-0.4, -0.2) is 41.2 Å². The fourth-order valence-corrected chi connectivity index (χ4v) is 3.27. The van der Waals surface area contributed by atoms with Gasteiger partial charge in [0.15, 0.2) is 0 Å². The fraction of sp³-hybridized carbons (Fsp3) is 0.391. The zero-order valence-corrected chi connectivity index (χ0v) is 18.0. The standard InChI is InChI=1S/C23H30N2O4/c1-7-18-19(9-8-10-20(18)29-6)21(27)24-25(23(4,5)14-26)22(28)17-12-15(2)11-16(3)13-17/h8-13,26H,7,14H2,1-6H3,(H,24,27). The molecule has 156 valence electrons. The lowest BCUT2D eigenvalue weighted by atomic mass is 10.0. The van der Waals surface area contributed by atoms with Gasteiger partial charge in [0, 0.05) is 16.7 Å². The molecular formula is C23H30N2O4. The van der Waals surface area contributed by atoms with Crippen molar-refractivity contribution in [2.45, 2.75) is 46.6 Å². The molecule has 0 unspecified atom stereocenters. The van der Waals surface area contributed by atoms with E-state index in [1.165, 1.54) is 5.01 Å². The summed E-state index contributed by atoms with van der Waals surface area (Å²) in [4.78, 5) is 26.4. The lowest BCUT2D eigenvalue weighted by molar-refractivity contribution is 0.0141. The third kappa shape index (κ3) is 4.95. The Bertz CT molecular complexity index is 885. The summed E-state index contributed by atoms with van der Waals surface area (Å²) >= 11 is 0. The zero-order chi connectivity index (χ0) is 21.8. The molecular weight excluding hydrogens is 368 g/mol. The molecule has 29 heavy (non-hydrogen) atoms. The average Bonchev–Trinajstić information content (AvgIpc) is 2.69. The smallest absolute Gasteiger partial charge is 0.272 e. The first-order chi connectivity index (χ1) is 13.6. The fourth-order valence-electron chi connectivity index (χ4n) is 3.27. The quantitative estimate of drug-likeness (QED) is 0.731. The normalized spacial score (nSPS) is 11.1. The van der Waals surface area contributed by atoms with Crippen LogP contribution in [0.4, 0.5) is 0 Å². The Morgan fingerprint density at radius 3 is 2.28 bits per heavy atom. The van der Waals surface area contributed by atoms with E-state index in [-0.39, 0.29) is 12.5 Å². The first kappa shape index (κ1) is 22.4. The van der Waals surface area contributed by atoms with E-state index < -0.39 is 11.4 Å². The number of hydrogen-bond acceptors (Lipinski definition) is 4. The van der Waals surface area contributed by atoms with Gasteiger partial charge in [0.25, 0.3) is 11.8 Å². The number of carbonyl (C=O) groups excluding carboxylic acids is 2. The van der Waals surface area contributed by atoms with Gasteiger partial charge in [-0.1, -0.05) is 30.2 Å². The summed E-state index contributed by atoms with van der Waals surface area (Å²) in [7, 11) is 1.56. The number of nitrogens with zero attached hydrogens (tertiary/aromatic N) is 1. The molecule has 0 spiro atoms. The van der Waals surface area contributed by atoms with Crippen LogP contribution in [0.2, 0.25) is 0 Å². The highest BCUT2D eigenvalue weighted by Crippen LogP contribution is 2.24. The number of hydrazine groups is 1. The summed E-state index contributed by atoms with van der Waals surface area (Å²) < 4.78 is 5.36. The third-order valence-corrected chi connectivity index (χ3v) is 4.83. The number of nitrogens with one attached hydrogen (secondary N) is 1. The molecule has 0 aliphatic rings. The second-order valence-electron chi connectivity index (χ2n) is 7.77. The van der Waals surface area contributed by atoms with Crippen LogP contribution < -0.4 is 10.2 Å². The molecule has 0 saturated heterocycles. The molecule has 0 aromatic heterocycles. The highest BCUT2D eigenvalue weighted by atomic mass is 16.5. The maximum atomic E-state index is 13.3. The van der Waals surface area contributed by atoms with Gasteiger partial charge in [-0.15, -0.1) is 0 Å². The first-order valence-corrected chi connectivity index (χ1v) is 9.65. The van der Waals surface area contributed by atoms with Crippen LogP contribution in [-0.2, 0) is 6.42 Å². The monoisotopic (exact) mass is 398 g/mol. The number of benzene rings is 2. The SMILES string of the molecule is CCc1c(OC)cccc1C(=O)NN(C(=O)c1cc(C)cc(C)c1)C(C)(C)CO. The molecule has 2 rings (SSSR count). The summed E-state index contributed by atoms with van der Waals surface area (Å²) in [5.74, 6) is -0.195. The van der Waals surface area contributed by atoms with Gasteiger partial charge < -0.3 is 9.84 Å². The van der Waals surface area contributed by atoms with Crippen molar-refractivity contribution in [3.8, 4) is 5.75 Å². The molecule has 0 heterocycles. The molecule has 2 aromatic carbocycles. The van der Waals surface area contributed by atoms with Crippen molar-refractivity contribution in [1.29, 1.82) is 0 Å². The number of rotatable bonds is 6. The van der Waals surface area contributed by atoms with Crippen molar-refractivity contribution in [3.63, 3.8) is 0 Å². The van der Waals surface area contributed by atoms with E-state index in [4.69, 9.17) is 4.74 Å². The topological polar surface area (TPSA) is 78.9 Å². The minimum atomic E-state index is -1.00. The Hall–Kier alpha value is -2.86. The molecule has 0 radical (unpaired) electrons. The predicted octanol–water partition coefficient (Wildman–Crippen LogP) is 3.43. The van der Waals surface area contributed by atoms with Gasteiger partial charge in [-0.05, 0) is 58.4 Å². The number of hydrogen-bond donors (Lipinski definition) is 2. The minimum absolute atomic E-state index is 0.317. The number of amides is 2. The average molecular weight is 399 g/mol. The molecule has 0 saturated carbocycles. The summed E-state index contributed by atoms with van der Waals surface area (Å²) in [6.45, 7) is 8.83. The lowest BCUT2D eigenvalue weighted by Crippen LogP contribution is -2.59. The molecule has 2 aromatic rings. The van der Waals surface area contributed by atoms with E-state index in [1.54, 1.807) is 51.3 Å². The van der Waals surface area contributed by atoms with Crippen molar-refractivity contribution >= 4 is 11.8 Å². The number of ether oxygens (including phenoxy) is 1. The van der Waals surface area contributed by atoms with Gasteiger partial charge in [-0.2, -0.15) is 0 Å². The summed E-state index contributed by atoms with van der Waals surface area (Å²) in [6.07, 6.45) is 0.598. The molecule has 0 aliphatic heterocycles. The zero-order valence-electron chi connectivity index (χ0n) is 18.0. The Morgan fingerprint density at radius 1 is 1.14 bits per heavy atom. The number of methoxy groups -OCH3 is 1. The van der Waals surface area contributed by atoms with E-state index in [2.05, 4.69) is 5.43 Å². The maximum Gasteiger partial charge on any atom is 0.272 e. The van der Waals surface area contributed by atoms with Gasteiger partial charge in [0.05, 0.1) is 19.3 Å². The Morgan fingerprint density at radius 2 is 1.76 bits per heavy atom. The van der Waals surface area contributed by atoms with Gasteiger partial charge >= 0.3 is 0 Å². The second-order valence-corrected chi connectivity index (χ2v) is 7.77. The van der Waals surface area contributed by atoms with Crippen LogP contribution in [0.15, 0.2) is 36.4 Å². The van der Waals surface area contributed by atoms with Crippen LogP contribution >= 0.6 is 0 Å². The summed E-state index contributed by atoms with van der Waals surface area (Å²) in [6, 6.07) is 10.7. The number of aliphatic hydroxyl groups is 1. The first-order valence-electron chi connectivity index (χ1n) is 9.65. The number of aliphatic hydroxyl groups excluding tert-OH is 1. The molecule has 6 heteroatoms. The number of carbonyl (C=O) groups is 2. The second kappa shape index (κ2) is 9.09. The summed E-state index contributed by atoms with van der Waals surface area (Å²) in [5, 5.41) is 11.1. The van der Waals surface area contributed by atoms with Crippen molar-refractivity contribution < 1.29 is 19.4 Å². The Kier molecular flexibility index (Phi) is 7.03. The molecule has 0 bridgehead atoms. The predicted molar refractivity (Wildman–Crippen MR) is 113 cm³/mol. The Balaban J connectivity index is 2.45.